The summed E-state index contributed by atoms with van der Waals surface area (Å²) in [4.78, 5) is 14.2. The van der Waals surface area contributed by atoms with Crippen molar-refractivity contribution in [2.45, 2.75) is 59.3 Å². The third-order valence-electron chi connectivity index (χ3n) is 5.05. The zero-order chi connectivity index (χ0) is 18.3. The molecule has 1 rings (SSSR count). The van der Waals surface area contributed by atoms with Gasteiger partial charge in [-0.25, -0.2) is 0 Å². The summed E-state index contributed by atoms with van der Waals surface area (Å²) in [6.45, 7) is 13.4. The highest BCUT2D eigenvalue weighted by atomic mass is 16.5. The molecule has 1 amide bonds. The smallest absolute Gasteiger partial charge is 0.224 e. The van der Waals surface area contributed by atoms with E-state index < -0.39 is 0 Å². The molecule has 0 radical (unpaired) electrons. The summed E-state index contributed by atoms with van der Waals surface area (Å²) in [5.41, 5.74) is 0. The molecule has 1 saturated heterocycles. The number of nitrogens with one attached hydrogen (secondary N) is 1. The van der Waals surface area contributed by atoms with Crippen molar-refractivity contribution >= 4 is 5.91 Å². The minimum absolute atomic E-state index is 0.260. The predicted molar refractivity (Wildman–Crippen MR) is 103 cm³/mol. The summed E-state index contributed by atoms with van der Waals surface area (Å²) in [6.07, 6.45) is 6.09. The van der Waals surface area contributed by atoms with Crippen LogP contribution in [0, 0.1) is 11.8 Å². The third kappa shape index (κ3) is 10.8. The monoisotopic (exact) mass is 356 g/mol. The van der Waals surface area contributed by atoms with Crippen LogP contribution in [0.25, 0.3) is 0 Å². The molecule has 1 N–H and O–H groups in total. The van der Waals surface area contributed by atoms with Crippen LogP contribution in [0.3, 0.4) is 0 Å². The lowest BCUT2D eigenvalue weighted by Gasteiger charge is -2.34. The quantitative estimate of drug-likeness (QED) is 0.486. The van der Waals surface area contributed by atoms with E-state index in [-0.39, 0.29) is 5.91 Å². The second-order valence-electron chi connectivity index (χ2n) is 7.35. The zero-order valence-electron chi connectivity index (χ0n) is 16.7. The molecule has 5 heteroatoms. The van der Waals surface area contributed by atoms with Gasteiger partial charge in [0.2, 0.25) is 5.91 Å². The molecular weight excluding hydrogens is 316 g/mol. The van der Waals surface area contributed by atoms with Crippen molar-refractivity contribution in [1.29, 1.82) is 0 Å². The fourth-order valence-electron chi connectivity index (χ4n) is 3.24. The van der Waals surface area contributed by atoms with Crippen LogP contribution in [0.2, 0.25) is 0 Å². The molecule has 25 heavy (non-hydrogen) atoms. The summed E-state index contributed by atoms with van der Waals surface area (Å²) in [6, 6.07) is 0. The molecular formula is C20H40N2O3. The predicted octanol–water partition coefficient (Wildman–Crippen LogP) is 3.08. The van der Waals surface area contributed by atoms with E-state index in [1.165, 1.54) is 0 Å². The number of hydrogen-bond donors (Lipinski definition) is 1. The molecule has 0 aliphatic carbocycles. The minimum Gasteiger partial charge on any atom is -0.381 e. The summed E-state index contributed by atoms with van der Waals surface area (Å²) < 4.78 is 11.1. The Morgan fingerprint density at radius 1 is 1.04 bits per heavy atom. The van der Waals surface area contributed by atoms with E-state index >= 15 is 0 Å². The molecule has 1 aliphatic heterocycles. The number of carbonyl (C=O) groups excluding carboxylic acids is 1. The van der Waals surface area contributed by atoms with Gasteiger partial charge in [-0.15, -0.1) is 0 Å². The molecule has 0 atom stereocenters. The lowest BCUT2D eigenvalue weighted by atomic mass is 9.86. The Kier molecular flexibility index (Phi) is 13.0. The number of likely N-dealkylation sites (N-methyl/N-ethyl adjacent to an activating group) is 1. The van der Waals surface area contributed by atoms with Crippen LogP contribution < -0.4 is 5.32 Å². The maximum absolute atomic E-state index is 12.2. The molecule has 0 bridgehead atoms. The molecule has 1 aliphatic rings. The van der Waals surface area contributed by atoms with Gasteiger partial charge < -0.3 is 19.7 Å². The Balaban J connectivity index is 1.87. The Hall–Kier alpha value is -0.650. The van der Waals surface area contributed by atoms with Crippen LogP contribution in [-0.2, 0) is 14.3 Å². The van der Waals surface area contributed by atoms with Gasteiger partial charge in [-0.1, -0.05) is 20.8 Å². The van der Waals surface area contributed by atoms with Crippen LogP contribution in [0.5, 0.6) is 0 Å². The molecule has 0 spiro atoms. The molecule has 0 aromatic rings. The molecule has 0 aromatic carbocycles. The van der Waals surface area contributed by atoms with E-state index in [0.29, 0.717) is 13.0 Å². The zero-order valence-corrected chi connectivity index (χ0v) is 16.7. The normalized spacial score (nSPS) is 15.9. The standard InChI is InChI=1S/C20H40N2O3/c1-4-21-11-17-25-15-7-5-6-14-24-16-10-20(23)22-12-8-19(9-13-22)18(2)3/h18-19,21H,4-17H2,1-3H3. The van der Waals surface area contributed by atoms with E-state index in [9.17, 15) is 4.79 Å². The van der Waals surface area contributed by atoms with Crippen LogP contribution >= 0.6 is 0 Å². The Labute approximate surface area is 154 Å². The van der Waals surface area contributed by atoms with Crippen LogP contribution in [0.4, 0.5) is 0 Å². The summed E-state index contributed by atoms with van der Waals surface area (Å²) in [5, 5.41) is 3.24. The van der Waals surface area contributed by atoms with E-state index in [2.05, 4.69) is 26.1 Å². The molecule has 148 valence electrons. The van der Waals surface area contributed by atoms with E-state index in [1.807, 2.05) is 4.90 Å². The number of piperidine rings is 1. The number of amides is 1. The first-order valence-corrected chi connectivity index (χ1v) is 10.3. The largest absolute Gasteiger partial charge is 0.381 e. The Morgan fingerprint density at radius 2 is 1.68 bits per heavy atom. The molecule has 1 fully saturated rings. The van der Waals surface area contributed by atoms with Crippen molar-refractivity contribution in [3.8, 4) is 0 Å². The van der Waals surface area contributed by atoms with Crippen LogP contribution in [0.1, 0.15) is 59.3 Å². The number of unbranched alkanes of at least 4 members (excludes halogenated alkanes) is 2. The Bertz CT molecular complexity index is 329. The first-order chi connectivity index (χ1) is 12.1. The minimum atomic E-state index is 0.260. The summed E-state index contributed by atoms with van der Waals surface area (Å²) in [7, 11) is 0. The van der Waals surface area contributed by atoms with Gasteiger partial charge in [-0.3, -0.25) is 4.79 Å². The van der Waals surface area contributed by atoms with Gasteiger partial charge in [0.05, 0.1) is 19.6 Å². The van der Waals surface area contributed by atoms with E-state index in [4.69, 9.17) is 9.47 Å². The number of hydrogen-bond acceptors (Lipinski definition) is 4. The van der Waals surface area contributed by atoms with Gasteiger partial charge in [0.15, 0.2) is 0 Å². The van der Waals surface area contributed by atoms with Gasteiger partial charge in [0, 0.05) is 32.8 Å². The van der Waals surface area contributed by atoms with Crippen molar-refractivity contribution in [3.05, 3.63) is 0 Å². The molecule has 0 aromatic heterocycles. The first kappa shape index (κ1) is 22.4. The summed E-state index contributed by atoms with van der Waals surface area (Å²) >= 11 is 0. The SMILES string of the molecule is CCNCCOCCCCCOCCC(=O)N1CCC(C(C)C)CC1. The van der Waals surface area contributed by atoms with Gasteiger partial charge >= 0.3 is 0 Å². The van der Waals surface area contributed by atoms with Gasteiger partial charge in [-0.05, 0) is 50.5 Å². The highest BCUT2D eigenvalue weighted by Crippen LogP contribution is 2.24. The fourth-order valence-corrected chi connectivity index (χ4v) is 3.24. The molecule has 0 unspecified atom stereocenters. The van der Waals surface area contributed by atoms with Crippen LogP contribution in [0.15, 0.2) is 0 Å². The highest BCUT2D eigenvalue weighted by Gasteiger charge is 2.24. The number of nitrogens with zero attached hydrogens (tertiary/aromatic N) is 1. The van der Waals surface area contributed by atoms with Crippen LogP contribution in [-0.4, -0.2) is 63.4 Å². The molecule has 1 heterocycles. The van der Waals surface area contributed by atoms with Gasteiger partial charge in [0.25, 0.3) is 0 Å². The third-order valence-corrected chi connectivity index (χ3v) is 5.05. The maximum atomic E-state index is 12.2. The lowest BCUT2D eigenvalue weighted by Crippen LogP contribution is -2.39. The lowest BCUT2D eigenvalue weighted by molar-refractivity contribution is -0.133. The van der Waals surface area contributed by atoms with Crippen molar-refractivity contribution in [1.82, 2.24) is 10.2 Å². The average molecular weight is 357 g/mol. The Morgan fingerprint density at radius 3 is 2.28 bits per heavy atom. The highest BCUT2D eigenvalue weighted by molar-refractivity contribution is 5.76. The van der Waals surface area contributed by atoms with Gasteiger partial charge in [0.1, 0.15) is 0 Å². The second kappa shape index (κ2) is 14.5. The summed E-state index contributed by atoms with van der Waals surface area (Å²) in [5.74, 6) is 1.78. The van der Waals surface area contributed by atoms with Crippen molar-refractivity contribution in [2.24, 2.45) is 11.8 Å². The number of likely N-dealkylation sites (tertiary alicyclic amines) is 1. The number of carbonyl (C=O) groups is 1. The second-order valence-corrected chi connectivity index (χ2v) is 7.35. The molecule has 0 saturated carbocycles. The number of ether oxygens (including phenoxy) is 2. The van der Waals surface area contributed by atoms with Crippen molar-refractivity contribution < 1.29 is 14.3 Å². The maximum Gasteiger partial charge on any atom is 0.224 e. The average Bonchev–Trinajstić information content (AvgIpc) is 2.62. The fraction of sp³-hybridized carbons (Fsp3) is 0.950. The molecule has 5 nitrogen and oxygen atoms in total. The van der Waals surface area contributed by atoms with E-state index in [1.54, 1.807) is 0 Å². The van der Waals surface area contributed by atoms with Gasteiger partial charge in [-0.2, -0.15) is 0 Å². The van der Waals surface area contributed by atoms with E-state index in [0.717, 1.165) is 89.9 Å². The van der Waals surface area contributed by atoms with Crippen molar-refractivity contribution in [2.75, 3.05) is 52.6 Å². The van der Waals surface area contributed by atoms with Crippen molar-refractivity contribution in [3.63, 3.8) is 0 Å². The topological polar surface area (TPSA) is 50.8 Å². The first-order valence-electron chi connectivity index (χ1n) is 10.3. The number of rotatable bonds is 14.